The van der Waals surface area contributed by atoms with Gasteiger partial charge < -0.3 is 4.52 Å². The smallest absolute Gasteiger partial charge is 0.259 e. The number of aromatic nitrogens is 7. The van der Waals surface area contributed by atoms with Crippen LogP contribution in [-0.2, 0) is 7.05 Å². The molecular weight excluding hydrogens is 372 g/mol. The van der Waals surface area contributed by atoms with Crippen molar-refractivity contribution in [1.29, 1.82) is 0 Å². The summed E-state index contributed by atoms with van der Waals surface area (Å²) in [6, 6.07) is 1.62. The monoisotopic (exact) mass is 384 g/mol. The summed E-state index contributed by atoms with van der Waals surface area (Å²) in [7, 11) is 1.61. The molecule has 1 amide bonds. The highest BCUT2D eigenvalue weighted by Gasteiger charge is 2.24. The molecule has 3 aromatic heterocycles. The largest absolute Gasteiger partial charge is 0.361 e. The fourth-order valence-corrected chi connectivity index (χ4v) is 3.17. The van der Waals surface area contributed by atoms with Crippen molar-refractivity contribution in [1.82, 2.24) is 35.3 Å². The van der Waals surface area contributed by atoms with Crippen molar-refractivity contribution in [2.75, 3.05) is 5.32 Å². The zero-order chi connectivity index (χ0) is 19.1. The minimum Gasteiger partial charge on any atom is -0.361 e. The molecule has 10 nitrogen and oxygen atoms in total. The third-order valence-electron chi connectivity index (χ3n) is 4.11. The van der Waals surface area contributed by atoms with Crippen molar-refractivity contribution in [3.8, 4) is 11.1 Å². The third-order valence-corrected chi connectivity index (χ3v) is 4.50. The van der Waals surface area contributed by atoms with Gasteiger partial charge in [-0.25, -0.2) is 14.6 Å². The zero-order valence-electron chi connectivity index (χ0n) is 14.6. The minimum atomic E-state index is -0.461. The van der Waals surface area contributed by atoms with Gasteiger partial charge in [0.1, 0.15) is 12.1 Å². The number of benzene rings is 1. The number of amides is 1. The van der Waals surface area contributed by atoms with Gasteiger partial charge >= 0.3 is 0 Å². The van der Waals surface area contributed by atoms with Crippen molar-refractivity contribution >= 4 is 34.4 Å². The number of fused-ring (bicyclic) bond motifs is 1. The number of rotatable bonds is 3. The highest BCUT2D eigenvalue weighted by Crippen LogP contribution is 2.39. The van der Waals surface area contributed by atoms with Gasteiger partial charge in [0.15, 0.2) is 0 Å². The predicted molar refractivity (Wildman–Crippen MR) is 96.3 cm³/mol. The van der Waals surface area contributed by atoms with E-state index in [9.17, 15) is 4.79 Å². The van der Waals surface area contributed by atoms with E-state index in [2.05, 4.69) is 36.0 Å². The number of tetrazole rings is 1. The van der Waals surface area contributed by atoms with Crippen LogP contribution in [0.2, 0.25) is 5.02 Å². The van der Waals surface area contributed by atoms with E-state index in [0.717, 1.165) is 0 Å². The number of carbonyl (C=O) groups excluding carboxylic acids is 1. The van der Waals surface area contributed by atoms with Crippen LogP contribution < -0.4 is 5.32 Å². The molecule has 0 aliphatic heterocycles. The first-order valence-corrected chi connectivity index (χ1v) is 8.24. The maximum atomic E-state index is 12.8. The average molecular weight is 385 g/mol. The number of aryl methyl sites for hydroxylation is 3. The number of anilines is 1. The van der Waals surface area contributed by atoms with Gasteiger partial charge in [-0.1, -0.05) is 21.9 Å². The first-order chi connectivity index (χ1) is 13.0. The van der Waals surface area contributed by atoms with Crippen LogP contribution in [0, 0.1) is 13.8 Å². The second-order valence-corrected chi connectivity index (χ2v) is 6.23. The summed E-state index contributed by atoms with van der Waals surface area (Å²) in [6.45, 7) is 3.57. The molecule has 1 N–H and O–H groups in total. The SMILES string of the molecule is Cc1noc(C)c1-c1c(Cl)c(C(=O)Nc2nnnn2C)cc2cncnc12. The molecule has 136 valence electrons. The van der Waals surface area contributed by atoms with Crippen LogP contribution in [0.25, 0.3) is 22.0 Å². The predicted octanol–water partition coefficient (Wildman–Crippen LogP) is 2.33. The second kappa shape index (κ2) is 6.40. The van der Waals surface area contributed by atoms with Gasteiger partial charge in [-0.2, -0.15) is 0 Å². The highest BCUT2D eigenvalue weighted by molar-refractivity contribution is 6.38. The molecule has 0 unspecified atom stereocenters. The molecule has 1 aromatic carbocycles. The van der Waals surface area contributed by atoms with Crippen molar-refractivity contribution in [2.45, 2.75) is 13.8 Å². The first-order valence-electron chi connectivity index (χ1n) is 7.86. The topological polar surface area (TPSA) is 125 Å². The Kier molecular flexibility index (Phi) is 4.04. The summed E-state index contributed by atoms with van der Waals surface area (Å²) in [5, 5.41) is 18.4. The Morgan fingerprint density at radius 1 is 1.30 bits per heavy atom. The molecule has 0 saturated carbocycles. The Labute approximate surface area is 157 Å². The second-order valence-electron chi connectivity index (χ2n) is 5.85. The van der Waals surface area contributed by atoms with Crippen molar-refractivity contribution in [3.63, 3.8) is 0 Å². The molecule has 0 aliphatic rings. The number of nitrogens with zero attached hydrogens (tertiary/aromatic N) is 7. The zero-order valence-corrected chi connectivity index (χ0v) is 15.3. The third kappa shape index (κ3) is 2.79. The van der Waals surface area contributed by atoms with E-state index in [1.807, 2.05) is 0 Å². The summed E-state index contributed by atoms with van der Waals surface area (Å²) in [4.78, 5) is 21.2. The summed E-state index contributed by atoms with van der Waals surface area (Å²) < 4.78 is 6.61. The lowest BCUT2D eigenvalue weighted by molar-refractivity contribution is 0.102. The highest BCUT2D eigenvalue weighted by atomic mass is 35.5. The minimum absolute atomic E-state index is 0.194. The number of hydrogen-bond donors (Lipinski definition) is 1. The molecule has 11 heteroatoms. The quantitative estimate of drug-likeness (QED) is 0.570. The van der Waals surface area contributed by atoms with Crippen LogP contribution in [0.5, 0.6) is 0 Å². The molecular formula is C16H13ClN8O2. The molecule has 0 fully saturated rings. The Bertz CT molecular complexity index is 1160. The summed E-state index contributed by atoms with van der Waals surface area (Å²) in [5.41, 5.74) is 2.73. The molecule has 0 radical (unpaired) electrons. The van der Waals surface area contributed by atoms with E-state index < -0.39 is 5.91 Å². The summed E-state index contributed by atoms with van der Waals surface area (Å²) in [5.74, 6) is 0.306. The van der Waals surface area contributed by atoms with Gasteiger partial charge in [0, 0.05) is 24.2 Å². The van der Waals surface area contributed by atoms with E-state index in [1.54, 1.807) is 33.2 Å². The Hall–Kier alpha value is -3.40. The number of hydrogen-bond acceptors (Lipinski definition) is 8. The average Bonchev–Trinajstić information content (AvgIpc) is 3.20. The van der Waals surface area contributed by atoms with Crippen LogP contribution in [0.3, 0.4) is 0 Å². The van der Waals surface area contributed by atoms with E-state index in [-0.39, 0.29) is 16.5 Å². The maximum Gasteiger partial charge on any atom is 0.259 e. The van der Waals surface area contributed by atoms with E-state index in [0.29, 0.717) is 33.5 Å². The van der Waals surface area contributed by atoms with Crippen LogP contribution in [0.15, 0.2) is 23.1 Å². The lowest BCUT2D eigenvalue weighted by atomic mass is 9.97. The number of nitrogens with one attached hydrogen (secondary N) is 1. The van der Waals surface area contributed by atoms with Gasteiger partial charge in [0.25, 0.3) is 5.91 Å². The van der Waals surface area contributed by atoms with Gasteiger partial charge in [-0.05, 0) is 30.3 Å². The van der Waals surface area contributed by atoms with Crippen molar-refractivity contribution in [3.05, 3.63) is 40.6 Å². The Balaban J connectivity index is 1.94. The Morgan fingerprint density at radius 2 is 2.11 bits per heavy atom. The van der Waals surface area contributed by atoms with Crippen LogP contribution in [0.4, 0.5) is 5.95 Å². The van der Waals surface area contributed by atoms with Crippen LogP contribution in [0.1, 0.15) is 21.8 Å². The number of carbonyl (C=O) groups is 1. The molecule has 0 bridgehead atoms. The normalized spacial score (nSPS) is 11.1. The van der Waals surface area contributed by atoms with Gasteiger partial charge in [-0.3, -0.25) is 10.1 Å². The van der Waals surface area contributed by atoms with Gasteiger partial charge in [-0.15, -0.1) is 0 Å². The molecule has 4 aromatic rings. The Morgan fingerprint density at radius 3 is 2.78 bits per heavy atom. The van der Waals surface area contributed by atoms with Crippen molar-refractivity contribution < 1.29 is 9.32 Å². The first kappa shape index (κ1) is 17.0. The molecule has 27 heavy (non-hydrogen) atoms. The summed E-state index contributed by atoms with van der Waals surface area (Å²) >= 11 is 6.65. The molecule has 0 spiro atoms. The van der Waals surface area contributed by atoms with Gasteiger partial charge in [0.05, 0.1) is 27.4 Å². The lowest BCUT2D eigenvalue weighted by Gasteiger charge is -2.12. The van der Waals surface area contributed by atoms with Gasteiger partial charge in [0.2, 0.25) is 5.95 Å². The maximum absolute atomic E-state index is 12.8. The standard InChI is InChI=1S/C16H13ClN8O2/c1-7-11(8(2)27-22-7)12-13(17)10(4-9-5-18-6-19-14(9)12)15(26)20-16-21-23-24-25(16)3/h4-6H,1-3H3,(H,20,21,24,26). The van der Waals surface area contributed by atoms with E-state index >= 15 is 0 Å². The molecule has 4 rings (SSSR count). The lowest BCUT2D eigenvalue weighted by Crippen LogP contribution is -2.16. The molecule has 0 atom stereocenters. The summed E-state index contributed by atoms with van der Waals surface area (Å²) in [6.07, 6.45) is 3.03. The fraction of sp³-hybridized carbons (Fsp3) is 0.188. The van der Waals surface area contributed by atoms with E-state index in [1.165, 1.54) is 11.0 Å². The van der Waals surface area contributed by atoms with Crippen LogP contribution in [-0.4, -0.2) is 41.2 Å². The number of halogens is 1. The molecule has 0 saturated heterocycles. The van der Waals surface area contributed by atoms with Crippen LogP contribution >= 0.6 is 11.6 Å². The van der Waals surface area contributed by atoms with E-state index in [4.69, 9.17) is 16.1 Å². The molecule has 3 heterocycles. The molecule has 0 aliphatic carbocycles. The fourth-order valence-electron chi connectivity index (χ4n) is 2.85. The van der Waals surface area contributed by atoms with Crippen molar-refractivity contribution in [2.24, 2.45) is 7.05 Å².